The van der Waals surface area contributed by atoms with Gasteiger partial charge in [-0.05, 0) is 55.2 Å². The summed E-state index contributed by atoms with van der Waals surface area (Å²) in [7, 11) is 7.49. The molecule has 4 aromatic carbocycles. The third-order valence-corrected chi connectivity index (χ3v) is 7.77. The van der Waals surface area contributed by atoms with Gasteiger partial charge in [0, 0.05) is 19.0 Å². The number of ether oxygens (including phenoxy) is 2. The summed E-state index contributed by atoms with van der Waals surface area (Å²) in [6.07, 6.45) is 3.36. The Kier molecular flexibility index (Phi) is 9.76. The van der Waals surface area contributed by atoms with E-state index in [0.717, 1.165) is 28.0 Å². The Morgan fingerprint density at radius 1 is 0.826 bits per heavy atom. The predicted molar refractivity (Wildman–Crippen MR) is 181 cm³/mol. The molecule has 1 atom stereocenters. The van der Waals surface area contributed by atoms with Crippen LogP contribution in [-0.2, 0) is 27.9 Å². The van der Waals surface area contributed by atoms with Crippen LogP contribution >= 0.6 is 0 Å². The Morgan fingerprint density at radius 2 is 1.39 bits per heavy atom. The van der Waals surface area contributed by atoms with Crippen LogP contribution in [0.1, 0.15) is 48.7 Å². The van der Waals surface area contributed by atoms with E-state index >= 15 is 0 Å². The van der Waals surface area contributed by atoms with Crippen LogP contribution in [0.3, 0.4) is 0 Å². The van der Waals surface area contributed by atoms with Gasteiger partial charge in [0.05, 0.1) is 25.2 Å². The highest BCUT2D eigenvalue weighted by Crippen LogP contribution is 2.41. The molecule has 0 saturated carbocycles. The molecule has 5 aromatic rings. The third kappa shape index (κ3) is 7.40. The number of carbonyl (C=O) groups excluding carboxylic acids is 2. The quantitative estimate of drug-likeness (QED) is 0.152. The van der Waals surface area contributed by atoms with Crippen molar-refractivity contribution in [2.24, 2.45) is 0 Å². The van der Waals surface area contributed by atoms with E-state index in [1.807, 2.05) is 66.9 Å². The van der Waals surface area contributed by atoms with E-state index in [2.05, 4.69) is 46.3 Å². The topological polar surface area (TPSA) is 82.5 Å². The first-order chi connectivity index (χ1) is 22.1. The number of benzene rings is 4. The maximum Gasteiger partial charge on any atom is 0.408 e. The van der Waals surface area contributed by atoms with E-state index in [1.54, 1.807) is 46.3 Å². The van der Waals surface area contributed by atoms with Gasteiger partial charge in [0.2, 0.25) is 0 Å². The first-order valence-corrected chi connectivity index (χ1v) is 15.2. The molecular weight excluding hydrogens is 573 g/mol. The SMILES string of the molecule is [B]c1ccc(CC(=O)[C@H](Cc2cn(C(c3ccccc3)(c3ccccc3)c3ccc(OC)cc3)cn2)NC(=O)OC(C)(C)C)cc1. The largest absolute Gasteiger partial charge is 0.497 e. The zero-order chi connectivity index (χ0) is 32.7. The molecule has 0 fully saturated rings. The first kappa shape index (κ1) is 32.3. The average Bonchev–Trinajstić information content (AvgIpc) is 3.51. The number of Topliss-reactive ketones (excluding diaryl/α,β-unsaturated/α-hetero) is 1. The van der Waals surface area contributed by atoms with E-state index in [0.29, 0.717) is 11.2 Å². The lowest BCUT2D eigenvalue weighted by molar-refractivity contribution is -0.120. The highest BCUT2D eigenvalue weighted by Gasteiger charge is 2.39. The molecule has 0 aliphatic rings. The molecule has 0 bridgehead atoms. The van der Waals surface area contributed by atoms with Crippen molar-refractivity contribution < 1.29 is 19.1 Å². The summed E-state index contributed by atoms with van der Waals surface area (Å²) in [5.74, 6) is 0.582. The molecule has 0 aliphatic heterocycles. The molecule has 5 rings (SSSR count). The van der Waals surface area contributed by atoms with Crippen molar-refractivity contribution in [2.75, 3.05) is 7.11 Å². The van der Waals surface area contributed by atoms with E-state index in [-0.39, 0.29) is 18.6 Å². The number of carbonyl (C=O) groups is 2. The van der Waals surface area contributed by atoms with Crippen molar-refractivity contribution in [3.8, 4) is 5.75 Å². The number of imidazole rings is 1. The number of amides is 1. The van der Waals surface area contributed by atoms with Crippen LogP contribution in [0, 0.1) is 0 Å². The van der Waals surface area contributed by atoms with Crippen molar-refractivity contribution >= 4 is 25.2 Å². The summed E-state index contributed by atoms with van der Waals surface area (Å²) in [4.78, 5) is 31.4. The lowest BCUT2D eigenvalue weighted by Crippen LogP contribution is -2.45. The van der Waals surface area contributed by atoms with E-state index in [9.17, 15) is 9.59 Å². The van der Waals surface area contributed by atoms with Gasteiger partial charge >= 0.3 is 6.09 Å². The number of nitrogens with one attached hydrogen (secondary N) is 1. The lowest BCUT2D eigenvalue weighted by atomic mass is 9.76. The van der Waals surface area contributed by atoms with Crippen molar-refractivity contribution in [3.63, 3.8) is 0 Å². The molecule has 0 unspecified atom stereocenters. The summed E-state index contributed by atoms with van der Waals surface area (Å²) >= 11 is 0. The molecular formula is C38H38BN3O4. The van der Waals surface area contributed by atoms with Gasteiger partial charge in [-0.15, -0.1) is 0 Å². The Hall–Kier alpha value is -5.11. The van der Waals surface area contributed by atoms with Crippen LogP contribution in [0.25, 0.3) is 0 Å². The summed E-state index contributed by atoms with van der Waals surface area (Å²) in [6.45, 7) is 5.35. The maximum absolute atomic E-state index is 13.7. The Morgan fingerprint density at radius 3 is 1.93 bits per heavy atom. The Balaban J connectivity index is 1.57. The zero-order valence-electron chi connectivity index (χ0n) is 26.6. The van der Waals surface area contributed by atoms with Crippen LogP contribution in [0.4, 0.5) is 4.79 Å². The van der Waals surface area contributed by atoms with Gasteiger partial charge in [-0.2, -0.15) is 0 Å². The number of hydrogen-bond acceptors (Lipinski definition) is 5. The van der Waals surface area contributed by atoms with Gasteiger partial charge in [-0.3, -0.25) is 4.79 Å². The second-order valence-corrected chi connectivity index (χ2v) is 12.2. The molecule has 2 radical (unpaired) electrons. The van der Waals surface area contributed by atoms with Crippen LogP contribution in [0.2, 0.25) is 0 Å². The summed E-state index contributed by atoms with van der Waals surface area (Å²) in [6, 6.07) is 34.7. The molecule has 8 heteroatoms. The fourth-order valence-electron chi connectivity index (χ4n) is 5.65. The number of aromatic nitrogens is 2. The normalized spacial score (nSPS) is 12.3. The number of alkyl carbamates (subject to hydrolysis) is 1. The van der Waals surface area contributed by atoms with Crippen molar-refractivity contribution in [3.05, 3.63) is 150 Å². The minimum Gasteiger partial charge on any atom is -0.497 e. The highest BCUT2D eigenvalue weighted by molar-refractivity contribution is 6.32. The summed E-state index contributed by atoms with van der Waals surface area (Å²) in [5, 5.41) is 2.81. The first-order valence-electron chi connectivity index (χ1n) is 15.2. The number of rotatable bonds is 11. The zero-order valence-corrected chi connectivity index (χ0v) is 26.6. The van der Waals surface area contributed by atoms with Gasteiger partial charge in [-0.25, -0.2) is 9.78 Å². The highest BCUT2D eigenvalue weighted by atomic mass is 16.6. The molecule has 1 amide bonds. The fraction of sp³-hybridized carbons (Fsp3) is 0.237. The monoisotopic (exact) mass is 611 g/mol. The lowest BCUT2D eigenvalue weighted by Gasteiger charge is -2.37. The van der Waals surface area contributed by atoms with E-state index in [1.165, 1.54) is 0 Å². The van der Waals surface area contributed by atoms with Gasteiger partial charge in [-0.1, -0.05) is 103 Å². The van der Waals surface area contributed by atoms with Crippen molar-refractivity contribution in [2.45, 2.75) is 50.8 Å². The molecule has 0 aliphatic carbocycles. The Bertz CT molecular complexity index is 1710. The van der Waals surface area contributed by atoms with Crippen LogP contribution in [0.5, 0.6) is 5.75 Å². The molecule has 7 nitrogen and oxygen atoms in total. The summed E-state index contributed by atoms with van der Waals surface area (Å²) < 4.78 is 13.1. The van der Waals surface area contributed by atoms with Gasteiger partial charge in [0.25, 0.3) is 0 Å². The molecule has 0 saturated heterocycles. The average molecular weight is 612 g/mol. The van der Waals surface area contributed by atoms with Crippen LogP contribution in [-0.4, -0.2) is 48.0 Å². The van der Waals surface area contributed by atoms with Crippen molar-refractivity contribution in [1.29, 1.82) is 0 Å². The van der Waals surface area contributed by atoms with Gasteiger partial charge < -0.3 is 19.4 Å². The second-order valence-electron chi connectivity index (χ2n) is 12.2. The fourth-order valence-corrected chi connectivity index (χ4v) is 5.65. The minimum atomic E-state index is -0.875. The number of methoxy groups -OCH3 is 1. The molecule has 1 aromatic heterocycles. The summed E-state index contributed by atoms with van der Waals surface area (Å²) in [5.41, 5.74) is 3.57. The molecule has 0 spiro atoms. The van der Waals surface area contributed by atoms with E-state index in [4.69, 9.17) is 22.3 Å². The smallest absolute Gasteiger partial charge is 0.408 e. The van der Waals surface area contributed by atoms with E-state index < -0.39 is 23.3 Å². The third-order valence-electron chi connectivity index (χ3n) is 7.77. The van der Waals surface area contributed by atoms with Gasteiger partial charge in [0.15, 0.2) is 5.78 Å². The molecule has 46 heavy (non-hydrogen) atoms. The number of ketones is 1. The standard InChI is InChI=1S/C38H38BN3O4/c1-37(2,3)46-36(44)41-34(35(43)23-27-15-19-31(39)20-16-27)24-32-25-42(26-40-32)38(28-11-7-5-8-12-28,29-13-9-6-10-14-29)30-17-21-33(45-4)22-18-30/h5-22,25-26,34H,23-24H2,1-4H3,(H,41,44)/t34-/m0/s1. The maximum atomic E-state index is 13.7. The van der Waals surface area contributed by atoms with Crippen molar-refractivity contribution in [1.82, 2.24) is 14.9 Å². The Labute approximate surface area is 272 Å². The second kappa shape index (κ2) is 13.9. The molecule has 232 valence electrons. The minimum absolute atomic E-state index is 0.116. The van der Waals surface area contributed by atoms with Gasteiger partial charge in [0.1, 0.15) is 24.7 Å². The number of hydrogen-bond donors (Lipinski definition) is 1. The van der Waals surface area contributed by atoms with Crippen LogP contribution < -0.4 is 15.5 Å². The molecule has 1 N–H and O–H groups in total. The molecule has 1 heterocycles. The number of nitrogens with zero attached hydrogens (tertiary/aromatic N) is 2. The predicted octanol–water partition coefficient (Wildman–Crippen LogP) is 5.77. The van der Waals surface area contributed by atoms with Crippen LogP contribution in [0.15, 0.2) is 122 Å².